The monoisotopic (exact) mass is 998 g/mol. The molecular weight excluding hydrogens is 919 g/mol. The van der Waals surface area contributed by atoms with Crippen molar-refractivity contribution >= 4 is 41.2 Å². The number of rotatable bonds is 9. The van der Waals surface area contributed by atoms with Gasteiger partial charge in [0.25, 0.3) is 11.7 Å². The van der Waals surface area contributed by atoms with Gasteiger partial charge in [-0.1, -0.05) is 64.2 Å². The van der Waals surface area contributed by atoms with Crippen LogP contribution in [0.5, 0.6) is 0 Å². The predicted octanol–water partition coefficient (Wildman–Crippen LogP) is 5.82. The highest BCUT2D eigenvalue weighted by molar-refractivity contribution is 6.39. The molecule has 0 radical (unpaired) electrons. The minimum Gasteiger partial charge on any atom is -0.481 e. The summed E-state index contributed by atoms with van der Waals surface area (Å²) in [6.45, 7) is 10.7. The summed E-state index contributed by atoms with van der Waals surface area (Å²) in [5, 5.41) is 32.6. The van der Waals surface area contributed by atoms with E-state index in [-0.39, 0.29) is 55.6 Å². The van der Waals surface area contributed by atoms with E-state index in [0.29, 0.717) is 63.4 Å². The van der Waals surface area contributed by atoms with Gasteiger partial charge in [-0.05, 0) is 101 Å². The van der Waals surface area contributed by atoms with Gasteiger partial charge in [0.05, 0.1) is 31.2 Å². The SMILES string of the molecule is CO[C@H]1C[C@@H]2CC[C@@H](C)[C@@](O)(O2)C(=O)C(=O)N2CCCC3[C@H]2C(=O)O[C@@H](CC(=O)[C@H](C)/C=C(\C)[C@@H](O)[C@@H](OC)C(=O)[C@H](C)C[C@H](C)/C=C/C=C/C=C1C)[C@H]3C[C@@H]1CC[C@@H](OC(=O)CCC(=O)O)[C@H](OC)C1. The van der Waals surface area contributed by atoms with E-state index in [4.69, 9.17) is 33.5 Å². The topological polar surface area (TPSA) is 239 Å². The Labute approximate surface area is 418 Å². The maximum atomic E-state index is 14.6. The highest BCUT2D eigenvalue weighted by atomic mass is 16.6. The number of amides is 1. The van der Waals surface area contributed by atoms with Crippen LogP contribution in [0.3, 0.4) is 0 Å². The second-order valence-corrected chi connectivity index (χ2v) is 20.9. The Balaban J connectivity index is 1.49. The van der Waals surface area contributed by atoms with Crippen molar-refractivity contribution < 1.29 is 77.3 Å². The van der Waals surface area contributed by atoms with Crippen LogP contribution < -0.4 is 0 Å². The molecule has 71 heavy (non-hydrogen) atoms. The molecule has 3 saturated heterocycles. The maximum absolute atomic E-state index is 14.6. The molecule has 1 amide bonds. The quantitative estimate of drug-likeness (QED) is 0.140. The number of hydrogen-bond acceptors (Lipinski definition) is 15. The van der Waals surface area contributed by atoms with Crippen LogP contribution in [0.2, 0.25) is 0 Å². The number of ketones is 3. The third-order valence-electron chi connectivity index (χ3n) is 15.7. The number of carboxylic acid groups (broad SMARTS) is 1. The highest BCUT2D eigenvalue weighted by Gasteiger charge is 2.57. The number of carbonyl (C=O) groups excluding carboxylic acids is 6. The average Bonchev–Trinajstić information content (AvgIpc) is 3.33. The van der Waals surface area contributed by atoms with Crippen LogP contribution in [-0.2, 0) is 62.0 Å². The normalized spacial score (nSPS) is 39.2. The molecule has 0 spiro atoms. The molecule has 16 atom stereocenters. The summed E-state index contributed by atoms with van der Waals surface area (Å²) >= 11 is 0. The van der Waals surface area contributed by atoms with Crippen molar-refractivity contribution in [2.24, 2.45) is 41.4 Å². The first-order valence-corrected chi connectivity index (χ1v) is 25.5. The zero-order valence-electron chi connectivity index (χ0n) is 43.1. The van der Waals surface area contributed by atoms with E-state index in [1.54, 1.807) is 40.9 Å². The van der Waals surface area contributed by atoms with Crippen LogP contribution in [0.25, 0.3) is 0 Å². The third kappa shape index (κ3) is 14.4. The number of ether oxygens (including phenoxy) is 6. The number of carbonyl (C=O) groups is 7. The largest absolute Gasteiger partial charge is 0.481 e. The van der Waals surface area contributed by atoms with Gasteiger partial charge in [-0.25, -0.2) is 4.79 Å². The lowest BCUT2D eigenvalue weighted by atomic mass is 9.68. The second kappa shape index (κ2) is 26.0. The number of esters is 2. The Morgan fingerprint density at radius 1 is 0.845 bits per heavy atom. The summed E-state index contributed by atoms with van der Waals surface area (Å²) in [5.41, 5.74) is 1.22. The summed E-state index contributed by atoms with van der Waals surface area (Å²) in [6.07, 6.45) is 8.87. The van der Waals surface area contributed by atoms with E-state index in [0.717, 1.165) is 5.57 Å². The van der Waals surface area contributed by atoms with Crippen LogP contribution in [-0.4, -0.2) is 144 Å². The van der Waals surface area contributed by atoms with Crippen LogP contribution in [0.15, 0.2) is 47.6 Å². The van der Waals surface area contributed by atoms with Crippen molar-refractivity contribution in [3.8, 4) is 0 Å². The molecule has 17 heteroatoms. The van der Waals surface area contributed by atoms with Gasteiger partial charge in [0.1, 0.15) is 36.2 Å². The molecule has 0 aromatic rings. The van der Waals surface area contributed by atoms with Gasteiger partial charge in [0.15, 0.2) is 5.78 Å². The summed E-state index contributed by atoms with van der Waals surface area (Å²) in [7, 11) is 4.43. The summed E-state index contributed by atoms with van der Waals surface area (Å²) < 4.78 is 35.3. The molecule has 5 aliphatic rings. The number of allylic oxidation sites excluding steroid dienone is 6. The van der Waals surface area contributed by atoms with Crippen molar-refractivity contribution in [2.75, 3.05) is 27.9 Å². The van der Waals surface area contributed by atoms with Gasteiger partial charge < -0.3 is 48.6 Å². The molecule has 1 aliphatic carbocycles. The Morgan fingerprint density at radius 2 is 1.58 bits per heavy atom. The lowest BCUT2D eigenvalue weighted by Crippen LogP contribution is -2.65. The van der Waals surface area contributed by atoms with E-state index in [2.05, 4.69) is 0 Å². The Bertz CT molecular complexity index is 2040. The lowest BCUT2D eigenvalue weighted by molar-refractivity contribution is -0.266. The Hall–Kier alpha value is -4.39. The number of fused-ring (bicyclic) bond motifs is 3. The molecule has 5 rings (SSSR count). The molecule has 4 aliphatic heterocycles. The molecule has 1 saturated carbocycles. The van der Waals surface area contributed by atoms with Crippen LogP contribution in [0.4, 0.5) is 0 Å². The van der Waals surface area contributed by atoms with Gasteiger partial charge in [-0.2, -0.15) is 0 Å². The van der Waals surface area contributed by atoms with Crippen molar-refractivity contribution in [2.45, 2.75) is 180 Å². The zero-order valence-corrected chi connectivity index (χ0v) is 43.1. The van der Waals surface area contributed by atoms with Gasteiger partial charge in [0, 0.05) is 64.4 Å². The van der Waals surface area contributed by atoms with Gasteiger partial charge in [-0.15, -0.1) is 0 Å². The number of aliphatic carboxylic acids is 1. The van der Waals surface area contributed by atoms with Crippen molar-refractivity contribution in [3.05, 3.63) is 47.6 Å². The fourth-order valence-electron chi connectivity index (χ4n) is 11.5. The molecule has 4 heterocycles. The van der Waals surface area contributed by atoms with Crippen LogP contribution in [0.1, 0.15) is 125 Å². The maximum Gasteiger partial charge on any atom is 0.329 e. The second-order valence-electron chi connectivity index (χ2n) is 20.9. The predicted molar refractivity (Wildman–Crippen MR) is 259 cm³/mol. The van der Waals surface area contributed by atoms with E-state index in [1.807, 2.05) is 44.2 Å². The first-order valence-electron chi connectivity index (χ1n) is 25.5. The fraction of sp³-hybridized carbons (Fsp3) is 0.722. The van der Waals surface area contributed by atoms with E-state index < -0.39 is 114 Å². The first-order chi connectivity index (χ1) is 33.6. The van der Waals surface area contributed by atoms with Crippen LogP contribution >= 0.6 is 0 Å². The first kappa shape index (κ1) is 57.5. The number of carboxylic acids is 1. The van der Waals surface area contributed by atoms with Crippen molar-refractivity contribution in [1.29, 1.82) is 0 Å². The molecular formula is C54H79NO16. The zero-order chi connectivity index (χ0) is 52.3. The van der Waals surface area contributed by atoms with E-state index in [1.165, 1.54) is 19.1 Å². The molecule has 3 N–H and O–H groups in total. The Kier molecular flexibility index (Phi) is 21.1. The fourth-order valence-corrected chi connectivity index (χ4v) is 11.5. The summed E-state index contributed by atoms with van der Waals surface area (Å²) in [6, 6.07) is -1.20. The minimum absolute atomic E-state index is 0.00293. The standard InChI is InChI=1S/C54H79NO16/c1-30-14-11-10-12-15-31(2)42(66-7)28-37-19-17-35(6)54(65,71-37)51(62)52(63)55-23-13-16-38-39(26-36-18-20-41(44(27-36)67-8)69-46(59)22-21-45(57)58)43(70-53(64)47(38)55)29-40(56)32(3)25-34(5)49(61)50(68-9)48(60)33(4)24-30/h10-12,14-15,25,30,32-33,35-39,41-44,47,49-50,61,65H,13,16-24,26-29H2,1-9H3,(H,57,58)/b12-10+,14-11+,31-15?,34-25+/t30-,32-,33-,35-,36+,37+,38?,39+,41-,42+,43+,44-,47+,49-,50+,54-/m1/s1. The number of Topliss-reactive ketones (excluding diaryl/α,β-unsaturated/α-hetero) is 3. The number of hydrogen-bond donors (Lipinski definition) is 3. The van der Waals surface area contributed by atoms with Crippen LogP contribution in [0, 0.1) is 41.4 Å². The molecule has 0 aromatic heterocycles. The smallest absolute Gasteiger partial charge is 0.329 e. The van der Waals surface area contributed by atoms with Crippen molar-refractivity contribution in [1.82, 2.24) is 4.90 Å². The summed E-state index contributed by atoms with van der Waals surface area (Å²) in [4.78, 5) is 96.2. The number of nitrogens with zero attached hydrogens (tertiary/aromatic N) is 1. The highest BCUT2D eigenvalue weighted by Crippen LogP contribution is 2.45. The molecule has 6 bridgehead atoms. The average molecular weight is 998 g/mol. The number of piperidine rings is 1. The summed E-state index contributed by atoms with van der Waals surface area (Å²) in [5.74, 6) is -10.9. The number of methoxy groups -OCH3 is 3. The van der Waals surface area contributed by atoms with Gasteiger partial charge >= 0.3 is 17.9 Å². The Morgan fingerprint density at radius 3 is 2.25 bits per heavy atom. The minimum atomic E-state index is -2.48. The number of aliphatic hydroxyl groups excluding tert-OH is 1. The number of aliphatic hydroxyl groups is 2. The molecule has 396 valence electrons. The van der Waals surface area contributed by atoms with E-state index in [9.17, 15) is 43.8 Å². The molecule has 0 aromatic carbocycles. The molecule has 4 fully saturated rings. The molecule has 17 nitrogen and oxygen atoms in total. The van der Waals surface area contributed by atoms with Gasteiger partial charge in [0.2, 0.25) is 5.79 Å². The third-order valence-corrected chi connectivity index (χ3v) is 15.7. The lowest BCUT2D eigenvalue weighted by Gasteiger charge is -2.50. The van der Waals surface area contributed by atoms with Gasteiger partial charge in [-0.3, -0.25) is 28.8 Å². The van der Waals surface area contributed by atoms with E-state index >= 15 is 0 Å². The van der Waals surface area contributed by atoms with Crippen molar-refractivity contribution in [3.63, 3.8) is 0 Å². The molecule has 1 unspecified atom stereocenters.